The fraction of sp³-hybridized carbons (Fsp3) is 0.880. The van der Waals surface area contributed by atoms with E-state index in [0.29, 0.717) is 37.5 Å². The second-order valence-corrected chi connectivity index (χ2v) is 9.54. The standard InChI is InChI=1S/C19H33N3O2.C3H5NO.C3H8/c1-2-4-14-5-3-6-16(14)12-22(18(20)23)19(24)21-11-17-10-13-7-8-15(17)9-13;1-2-5-3-4;1-3-2/h13-17H,2-12H2,1H3,(H2,20,23)(H,21,24);2H2,1H3;3H2,1-2H3. The Morgan fingerprint density at radius 2 is 1.75 bits per heavy atom. The average Bonchev–Trinajstić information content (AvgIpc) is 3.49. The van der Waals surface area contributed by atoms with Crippen LogP contribution in [-0.2, 0) is 4.74 Å². The number of rotatable bonds is 7. The molecule has 0 heterocycles. The van der Waals surface area contributed by atoms with E-state index < -0.39 is 6.03 Å². The zero-order chi connectivity index (χ0) is 23.9. The Bertz CT molecular complexity index is 592. The summed E-state index contributed by atoms with van der Waals surface area (Å²) >= 11 is 0. The Kier molecular flexibility index (Phi) is 13.8. The summed E-state index contributed by atoms with van der Waals surface area (Å²) in [7, 11) is 0. The molecule has 3 fully saturated rings. The number of carbonyl (C=O) groups excluding carboxylic acids is 2. The number of primary amides is 1. The number of amides is 4. The normalized spacial score (nSPS) is 27.3. The van der Waals surface area contributed by atoms with Gasteiger partial charge in [-0.15, -0.1) is 0 Å². The highest BCUT2D eigenvalue weighted by molar-refractivity contribution is 5.92. The van der Waals surface area contributed by atoms with Gasteiger partial charge < -0.3 is 15.8 Å². The first-order chi connectivity index (χ1) is 15.4. The highest BCUT2D eigenvalue weighted by Gasteiger charge is 2.39. The first-order valence-electron chi connectivity index (χ1n) is 12.8. The minimum atomic E-state index is -0.609. The van der Waals surface area contributed by atoms with Crippen LogP contribution in [0.3, 0.4) is 0 Å². The van der Waals surface area contributed by atoms with Gasteiger partial charge in [0.1, 0.15) is 0 Å². The molecule has 0 radical (unpaired) electrons. The maximum absolute atomic E-state index is 12.5. The molecule has 2 bridgehead atoms. The lowest BCUT2D eigenvalue weighted by Gasteiger charge is -2.28. The van der Waals surface area contributed by atoms with Crippen molar-refractivity contribution >= 4 is 12.1 Å². The summed E-state index contributed by atoms with van der Waals surface area (Å²) < 4.78 is 4.14. The molecule has 7 heteroatoms. The van der Waals surface area contributed by atoms with Crippen LogP contribution < -0.4 is 11.1 Å². The average molecular weight is 451 g/mol. The topological polar surface area (TPSA) is 108 Å². The first kappa shape index (κ1) is 28.1. The predicted molar refractivity (Wildman–Crippen MR) is 128 cm³/mol. The lowest BCUT2D eigenvalue weighted by Crippen LogP contribution is -2.50. The molecular weight excluding hydrogens is 404 g/mol. The minimum Gasteiger partial charge on any atom is -0.428 e. The van der Waals surface area contributed by atoms with Crippen LogP contribution in [0.15, 0.2) is 0 Å². The molecule has 3 aliphatic rings. The molecule has 3 saturated carbocycles. The van der Waals surface area contributed by atoms with Crippen LogP contribution in [0.2, 0.25) is 0 Å². The van der Waals surface area contributed by atoms with Gasteiger partial charge in [0.05, 0.1) is 6.61 Å². The van der Waals surface area contributed by atoms with Gasteiger partial charge >= 0.3 is 12.1 Å². The first-order valence-corrected chi connectivity index (χ1v) is 12.8. The highest BCUT2D eigenvalue weighted by Crippen LogP contribution is 2.48. The Labute approximate surface area is 195 Å². The number of fused-ring (bicyclic) bond motifs is 2. The lowest BCUT2D eigenvalue weighted by atomic mass is 9.89. The van der Waals surface area contributed by atoms with Crippen molar-refractivity contribution in [3.63, 3.8) is 0 Å². The zero-order valence-electron chi connectivity index (χ0n) is 20.8. The third-order valence-electron chi connectivity index (χ3n) is 7.01. The number of hydrogen-bond donors (Lipinski definition) is 2. The van der Waals surface area contributed by atoms with Gasteiger partial charge in [-0.1, -0.05) is 59.3 Å². The molecule has 5 atom stereocenters. The van der Waals surface area contributed by atoms with Crippen molar-refractivity contribution in [1.29, 1.82) is 5.26 Å². The zero-order valence-corrected chi connectivity index (χ0v) is 20.8. The maximum Gasteiger partial charge on any atom is 0.325 e. The molecule has 0 aliphatic heterocycles. The molecule has 7 nitrogen and oxygen atoms in total. The van der Waals surface area contributed by atoms with E-state index >= 15 is 0 Å². The fourth-order valence-electron chi connectivity index (χ4n) is 5.62. The van der Waals surface area contributed by atoms with E-state index in [1.807, 2.05) is 0 Å². The molecule has 3 aliphatic carbocycles. The molecule has 0 aromatic carbocycles. The summed E-state index contributed by atoms with van der Waals surface area (Å²) in [5.41, 5.74) is 5.51. The van der Waals surface area contributed by atoms with E-state index in [0.717, 1.165) is 24.7 Å². The summed E-state index contributed by atoms with van der Waals surface area (Å²) in [6.45, 7) is 9.89. The molecule has 3 N–H and O–H groups in total. The van der Waals surface area contributed by atoms with Gasteiger partial charge in [-0.3, -0.25) is 0 Å². The van der Waals surface area contributed by atoms with Gasteiger partial charge in [-0.25, -0.2) is 14.5 Å². The van der Waals surface area contributed by atoms with Crippen LogP contribution >= 0.6 is 0 Å². The van der Waals surface area contributed by atoms with Crippen molar-refractivity contribution in [2.24, 2.45) is 35.3 Å². The number of carbonyl (C=O) groups is 2. The van der Waals surface area contributed by atoms with Crippen molar-refractivity contribution in [2.75, 3.05) is 19.7 Å². The quantitative estimate of drug-likeness (QED) is 0.488. The minimum absolute atomic E-state index is 0.285. The number of ether oxygens (including phenoxy) is 1. The summed E-state index contributed by atoms with van der Waals surface area (Å²) in [5, 5.41) is 10.6. The van der Waals surface area contributed by atoms with E-state index in [4.69, 9.17) is 11.0 Å². The van der Waals surface area contributed by atoms with E-state index in [1.54, 1.807) is 6.92 Å². The van der Waals surface area contributed by atoms with Crippen molar-refractivity contribution < 1.29 is 14.3 Å². The Balaban J connectivity index is 0.000000555. The predicted octanol–water partition coefficient (Wildman–Crippen LogP) is 5.65. The Hall–Kier alpha value is -1.97. The molecule has 32 heavy (non-hydrogen) atoms. The molecular formula is C25H46N4O3. The van der Waals surface area contributed by atoms with Crippen molar-refractivity contribution in [3.8, 4) is 6.26 Å². The second-order valence-electron chi connectivity index (χ2n) is 9.54. The van der Waals surface area contributed by atoms with Crippen LogP contribution in [0.1, 0.15) is 91.9 Å². The van der Waals surface area contributed by atoms with Crippen LogP contribution in [0.25, 0.3) is 0 Å². The molecule has 4 amide bonds. The summed E-state index contributed by atoms with van der Waals surface area (Å²) in [5.74, 6) is 3.31. The molecule has 0 aromatic heterocycles. The molecule has 3 rings (SSSR count). The lowest BCUT2D eigenvalue weighted by molar-refractivity contribution is 0.174. The Morgan fingerprint density at radius 1 is 1.06 bits per heavy atom. The monoisotopic (exact) mass is 450 g/mol. The molecule has 184 valence electrons. The molecule has 0 saturated heterocycles. The van der Waals surface area contributed by atoms with Crippen molar-refractivity contribution in [1.82, 2.24) is 10.2 Å². The number of nitrogens with two attached hydrogens (primary N) is 1. The largest absolute Gasteiger partial charge is 0.428 e. The fourth-order valence-corrected chi connectivity index (χ4v) is 5.62. The second kappa shape index (κ2) is 15.8. The number of hydrogen-bond acceptors (Lipinski definition) is 4. The third kappa shape index (κ3) is 9.26. The van der Waals surface area contributed by atoms with Gasteiger partial charge in [0.2, 0.25) is 0 Å². The number of nitrogens with one attached hydrogen (secondary N) is 1. The summed E-state index contributed by atoms with van der Waals surface area (Å²) in [4.78, 5) is 25.6. The van der Waals surface area contributed by atoms with Crippen molar-refractivity contribution in [3.05, 3.63) is 0 Å². The van der Waals surface area contributed by atoms with E-state index in [-0.39, 0.29) is 6.03 Å². The van der Waals surface area contributed by atoms with Gasteiger partial charge in [0.25, 0.3) is 6.26 Å². The van der Waals surface area contributed by atoms with E-state index in [2.05, 4.69) is 30.8 Å². The molecule has 5 unspecified atom stereocenters. The number of nitrogens with zero attached hydrogens (tertiary/aromatic N) is 2. The summed E-state index contributed by atoms with van der Waals surface area (Å²) in [6, 6.07) is -0.894. The summed E-state index contributed by atoms with van der Waals surface area (Å²) in [6.07, 6.45) is 13.9. The van der Waals surface area contributed by atoms with Crippen LogP contribution in [-0.4, -0.2) is 36.7 Å². The maximum atomic E-state index is 12.5. The van der Waals surface area contributed by atoms with Gasteiger partial charge in [0, 0.05) is 13.1 Å². The van der Waals surface area contributed by atoms with Crippen LogP contribution in [0, 0.1) is 41.1 Å². The van der Waals surface area contributed by atoms with Gasteiger partial charge in [-0.05, 0) is 62.2 Å². The van der Waals surface area contributed by atoms with Gasteiger partial charge in [0.15, 0.2) is 0 Å². The third-order valence-corrected chi connectivity index (χ3v) is 7.01. The number of imide groups is 1. The van der Waals surface area contributed by atoms with Crippen LogP contribution in [0.4, 0.5) is 9.59 Å². The number of nitriles is 1. The highest BCUT2D eigenvalue weighted by atomic mass is 16.5. The van der Waals surface area contributed by atoms with E-state index in [1.165, 1.54) is 62.5 Å². The van der Waals surface area contributed by atoms with E-state index in [9.17, 15) is 9.59 Å². The Morgan fingerprint density at radius 3 is 2.22 bits per heavy atom. The molecule has 0 aromatic rings. The SMILES string of the molecule is CCC.CCCC1CCCC1CN(C(N)=O)C(=O)NCC1CC2CCC1C2.CCOC#N. The number of urea groups is 2. The van der Waals surface area contributed by atoms with Gasteiger partial charge in [-0.2, -0.15) is 5.26 Å². The van der Waals surface area contributed by atoms with Crippen LogP contribution in [0.5, 0.6) is 0 Å². The van der Waals surface area contributed by atoms with Crippen molar-refractivity contribution in [2.45, 2.75) is 91.9 Å². The molecule has 0 spiro atoms. The smallest absolute Gasteiger partial charge is 0.325 e.